The molecule has 3 atom stereocenters. The Balaban J connectivity index is 4.65. The van der Waals surface area contributed by atoms with Crippen molar-refractivity contribution in [1.29, 1.82) is 0 Å². The third-order valence-corrected chi connectivity index (χ3v) is 13.8. The van der Waals surface area contributed by atoms with Crippen LogP contribution in [0.4, 0.5) is 0 Å². The topological polar surface area (TPSA) is 155 Å². The lowest BCUT2D eigenvalue weighted by Gasteiger charge is -2.21. The zero-order valence-corrected chi connectivity index (χ0v) is 46.4. The molecule has 0 aliphatic heterocycles. The number of hydrogen-bond donors (Lipinski definition) is 2. The first kappa shape index (κ1) is 68.0. The first-order valence-electron chi connectivity index (χ1n) is 29.2. The maximum atomic E-state index is 12.9. The molecule has 0 aliphatic carbocycles. The summed E-state index contributed by atoms with van der Waals surface area (Å²) in [4.78, 5) is 48.5. The molecule has 12 heteroatoms. The predicted molar refractivity (Wildman–Crippen MR) is 289 cm³/mol. The number of hydrogen-bond acceptors (Lipinski definition) is 10. The van der Waals surface area contributed by atoms with Gasteiger partial charge in [0.25, 0.3) is 0 Å². The van der Waals surface area contributed by atoms with E-state index in [-0.39, 0.29) is 25.9 Å². The number of carbonyl (C=O) groups excluding carboxylic acids is 3. The molecule has 0 aliphatic rings. The third-order valence-electron chi connectivity index (χ3n) is 12.8. The first-order chi connectivity index (χ1) is 34.2. The van der Waals surface area contributed by atoms with Gasteiger partial charge in [-0.3, -0.25) is 23.4 Å². The summed E-state index contributed by atoms with van der Waals surface area (Å²) in [5, 5.41) is 9.81. The minimum atomic E-state index is -4.74. The predicted octanol–water partition coefficient (Wildman–Crippen LogP) is 17.0. The molecule has 0 fully saturated rings. The van der Waals surface area contributed by atoms with E-state index in [9.17, 15) is 28.9 Å². The highest BCUT2D eigenvalue weighted by molar-refractivity contribution is 7.47. The highest BCUT2D eigenvalue weighted by Gasteiger charge is 2.28. The number of aliphatic hydroxyl groups excluding tert-OH is 1. The molecule has 2 N–H and O–H groups in total. The number of ether oxygens (including phenoxy) is 3. The van der Waals surface area contributed by atoms with Crippen LogP contribution in [0.25, 0.3) is 0 Å². The monoisotopic (exact) mass is 1010 g/mol. The Hall–Kier alpha value is -2.04. The summed E-state index contributed by atoms with van der Waals surface area (Å²) in [6.45, 7) is 4.63. The van der Waals surface area contributed by atoms with Crippen LogP contribution in [0.5, 0.6) is 0 Å². The molecule has 0 rings (SSSR count). The van der Waals surface area contributed by atoms with Crippen LogP contribution in [-0.4, -0.2) is 66.5 Å². The zero-order chi connectivity index (χ0) is 51.3. The summed E-state index contributed by atoms with van der Waals surface area (Å²) < 4.78 is 39.5. The average molecular weight is 1010 g/mol. The molecule has 3 unspecified atom stereocenters. The van der Waals surface area contributed by atoms with E-state index in [0.29, 0.717) is 19.3 Å². The first-order valence-corrected chi connectivity index (χ1v) is 30.7. The van der Waals surface area contributed by atoms with Gasteiger partial charge in [0.05, 0.1) is 19.8 Å². The number of rotatable bonds is 55. The fourth-order valence-corrected chi connectivity index (χ4v) is 9.12. The minimum Gasteiger partial charge on any atom is -0.462 e. The zero-order valence-electron chi connectivity index (χ0n) is 45.5. The van der Waals surface area contributed by atoms with Crippen molar-refractivity contribution < 1.29 is 52.2 Å². The number of phosphoric ester groups is 1. The smallest absolute Gasteiger partial charge is 0.462 e. The van der Waals surface area contributed by atoms with Gasteiger partial charge in [0, 0.05) is 19.3 Å². The molecule has 0 amide bonds. The van der Waals surface area contributed by atoms with Gasteiger partial charge in [-0.15, -0.1) is 0 Å². The van der Waals surface area contributed by atoms with Gasteiger partial charge in [0.2, 0.25) is 0 Å². The molecule has 11 nitrogen and oxygen atoms in total. The molecule has 0 aromatic heterocycles. The van der Waals surface area contributed by atoms with Crippen LogP contribution in [0, 0.1) is 0 Å². The van der Waals surface area contributed by atoms with Crippen LogP contribution in [0.3, 0.4) is 0 Å². The van der Waals surface area contributed by atoms with Crippen molar-refractivity contribution in [3.63, 3.8) is 0 Å². The Morgan fingerprint density at radius 1 is 0.386 bits per heavy atom. The quantitative estimate of drug-likeness (QED) is 0.0197. The number of phosphoric acid groups is 1. The number of aliphatic hydroxyl groups is 1. The molecular formula is C58H109O11P. The lowest BCUT2D eigenvalue weighted by molar-refractivity contribution is -0.161. The van der Waals surface area contributed by atoms with Gasteiger partial charge in [0.1, 0.15) is 12.7 Å². The van der Waals surface area contributed by atoms with Crippen LogP contribution in [0.15, 0.2) is 24.3 Å². The van der Waals surface area contributed by atoms with Gasteiger partial charge in [-0.05, 0) is 64.2 Å². The van der Waals surface area contributed by atoms with Crippen LogP contribution >= 0.6 is 7.82 Å². The normalized spacial score (nSPS) is 13.5. The fraction of sp³-hybridized carbons (Fsp3) is 0.879. The van der Waals surface area contributed by atoms with E-state index < -0.39 is 57.8 Å². The SMILES string of the molecule is CCCC/C=C\CCCCCCCC(=O)OCC(COP(=O)(O)OCC(CO)OC(=O)CCCCCCC/C=C\CCCCCCCC)OC(=O)CCCCCCCCCCCCCCCCCCC. The minimum absolute atomic E-state index is 0.171. The Morgan fingerprint density at radius 2 is 0.671 bits per heavy atom. The Bertz CT molecular complexity index is 1270. The number of unbranched alkanes of at least 4 members (excludes halogenated alkanes) is 34. The lowest BCUT2D eigenvalue weighted by atomic mass is 10.0. The van der Waals surface area contributed by atoms with Gasteiger partial charge in [-0.1, -0.05) is 231 Å². The van der Waals surface area contributed by atoms with Gasteiger partial charge in [-0.2, -0.15) is 0 Å². The second-order valence-electron chi connectivity index (χ2n) is 19.8. The van der Waals surface area contributed by atoms with Gasteiger partial charge in [0.15, 0.2) is 6.10 Å². The Morgan fingerprint density at radius 3 is 1.03 bits per heavy atom. The number of esters is 3. The van der Waals surface area contributed by atoms with E-state index in [1.807, 2.05) is 0 Å². The molecule has 0 saturated carbocycles. The van der Waals surface area contributed by atoms with Crippen molar-refractivity contribution in [3.05, 3.63) is 24.3 Å². The van der Waals surface area contributed by atoms with Crippen LogP contribution in [0.2, 0.25) is 0 Å². The highest BCUT2D eigenvalue weighted by Crippen LogP contribution is 2.43. The number of carbonyl (C=O) groups is 3. The van der Waals surface area contributed by atoms with Crippen molar-refractivity contribution in [3.8, 4) is 0 Å². The van der Waals surface area contributed by atoms with Gasteiger partial charge < -0.3 is 24.2 Å². The summed E-state index contributed by atoms with van der Waals surface area (Å²) in [5.74, 6) is -1.46. The lowest BCUT2D eigenvalue weighted by Crippen LogP contribution is -2.30. The summed E-state index contributed by atoms with van der Waals surface area (Å²) in [6, 6.07) is 0. The van der Waals surface area contributed by atoms with E-state index in [1.165, 1.54) is 135 Å². The van der Waals surface area contributed by atoms with Crippen molar-refractivity contribution in [2.45, 2.75) is 303 Å². The molecule has 0 bridgehead atoms. The van der Waals surface area contributed by atoms with Crippen LogP contribution < -0.4 is 0 Å². The van der Waals surface area contributed by atoms with E-state index in [0.717, 1.165) is 96.3 Å². The van der Waals surface area contributed by atoms with Crippen LogP contribution in [-0.2, 0) is 42.2 Å². The van der Waals surface area contributed by atoms with E-state index in [1.54, 1.807) is 0 Å². The van der Waals surface area contributed by atoms with Crippen molar-refractivity contribution in [2.75, 3.05) is 26.4 Å². The van der Waals surface area contributed by atoms with Gasteiger partial charge in [-0.25, -0.2) is 4.57 Å². The molecule has 0 radical (unpaired) electrons. The maximum Gasteiger partial charge on any atom is 0.472 e. The number of allylic oxidation sites excluding steroid dienone is 4. The van der Waals surface area contributed by atoms with Crippen molar-refractivity contribution in [2.24, 2.45) is 0 Å². The van der Waals surface area contributed by atoms with E-state index in [4.69, 9.17) is 23.3 Å². The van der Waals surface area contributed by atoms with E-state index >= 15 is 0 Å². The molecule has 0 aromatic carbocycles. The molecule has 0 aromatic rings. The van der Waals surface area contributed by atoms with Crippen molar-refractivity contribution in [1.82, 2.24) is 0 Å². The molecule has 412 valence electrons. The maximum absolute atomic E-state index is 12.9. The largest absolute Gasteiger partial charge is 0.472 e. The summed E-state index contributed by atoms with van der Waals surface area (Å²) in [7, 11) is -4.74. The fourth-order valence-electron chi connectivity index (χ4n) is 8.33. The van der Waals surface area contributed by atoms with Crippen molar-refractivity contribution >= 4 is 25.7 Å². The summed E-state index contributed by atoms with van der Waals surface area (Å²) in [6.07, 6.45) is 52.8. The molecule has 0 spiro atoms. The summed E-state index contributed by atoms with van der Waals surface area (Å²) in [5.41, 5.74) is 0. The molecular weight excluding hydrogens is 904 g/mol. The molecule has 70 heavy (non-hydrogen) atoms. The summed E-state index contributed by atoms with van der Waals surface area (Å²) >= 11 is 0. The van der Waals surface area contributed by atoms with E-state index in [2.05, 4.69) is 45.1 Å². The standard InChI is InChI=1S/C58H109O11P/c1-4-7-10-13-16-19-22-24-26-27-29-31-34-37-40-43-46-49-58(62)69-55(51-65-56(60)47-44-41-38-35-32-21-18-15-12-9-6-3)53-67-70(63,64)66-52-54(50-59)68-57(61)48-45-42-39-36-33-30-28-25-23-20-17-14-11-8-5-2/h15,18,25,28,54-55,59H,4-14,16-17,19-24,26-27,29-53H2,1-3H3,(H,63,64)/b18-15-,28-25-. The third kappa shape index (κ3) is 50.9. The average Bonchev–Trinajstić information content (AvgIpc) is 3.35. The highest BCUT2D eigenvalue weighted by atomic mass is 31.2. The van der Waals surface area contributed by atoms with Crippen LogP contribution in [0.1, 0.15) is 290 Å². The molecule has 0 saturated heterocycles. The Kier molecular flexibility index (Phi) is 51.7. The second kappa shape index (κ2) is 53.3. The second-order valence-corrected chi connectivity index (χ2v) is 21.3. The Labute approximate surface area is 429 Å². The van der Waals surface area contributed by atoms with Gasteiger partial charge >= 0.3 is 25.7 Å². The molecule has 0 heterocycles.